The molecule has 0 aromatic carbocycles. The molecule has 1 unspecified atom stereocenters. The Balaban J connectivity index is 3.10. The maximum Gasteiger partial charge on any atom is 0.159 e. The van der Waals surface area contributed by atoms with Crippen LogP contribution in [0, 0.1) is 0 Å². The van der Waals surface area contributed by atoms with Crippen LogP contribution in [0.2, 0.25) is 0 Å². The van der Waals surface area contributed by atoms with E-state index in [1.807, 2.05) is 0 Å². The fourth-order valence-electron chi connectivity index (χ4n) is 1.55. The molecule has 1 atom stereocenters. The van der Waals surface area contributed by atoms with Gasteiger partial charge in [-0.2, -0.15) is 0 Å². The molecule has 26 heavy (non-hydrogen) atoms. The summed E-state index contributed by atoms with van der Waals surface area (Å²) in [5.74, 6) is 0. The third kappa shape index (κ3) is 19.3. The number of aliphatic hydroxyl groups is 1. The molecule has 0 aromatic rings. The third-order valence-corrected chi connectivity index (χ3v) is 2.81. The lowest BCUT2D eigenvalue weighted by Crippen LogP contribution is -2.18. The SMILES string of the molecule is COC(COCCOCCOCCOCCOCCOCCO)N=[N+]=[N-]. The van der Waals surface area contributed by atoms with E-state index in [2.05, 4.69) is 10.0 Å². The molecule has 0 heterocycles. The van der Waals surface area contributed by atoms with Crippen LogP contribution in [0.1, 0.15) is 0 Å². The molecule has 0 radical (unpaired) electrons. The van der Waals surface area contributed by atoms with Gasteiger partial charge >= 0.3 is 0 Å². The number of hydrogen-bond acceptors (Lipinski definition) is 9. The summed E-state index contributed by atoms with van der Waals surface area (Å²) in [6.45, 7) is 5.21. The second-order valence-electron chi connectivity index (χ2n) is 4.76. The molecule has 0 spiro atoms. The Labute approximate surface area is 154 Å². The van der Waals surface area contributed by atoms with Crippen molar-refractivity contribution in [2.24, 2.45) is 5.11 Å². The summed E-state index contributed by atoms with van der Waals surface area (Å²) < 4.78 is 36.5. The molecule has 0 fully saturated rings. The standard InChI is InChI=1S/C15H31N3O8/c1-20-15(17-18-16)14-26-13-12-25-11-10-24-9-8-23-7-6-22-5-4-21-3-2-19/h15,19H,2-14H2,1H3. The van der Waals surface area contributed by atoms with Crippen LogP contribution in [-0.2, 0) is 33.2 Å². The second kappa shape index (κ2) is 22.0. The molecule has 0 amide bonds. The Kier molecular flexibility index (Phi) is 21.2. The van der Waals surface area contributed by atoms with E-state index in [1.165, 1.54) is 7.11 Å². The molecule has 1 N–H and O–H groups in total. The fraction of sp³-hybridized carbons (Fsp3) is 1.00. The number of ether oxygens (including phenoxy) is 7. The summed E-state index contributed by atoms with van der Waals surface area (Å²) in [4.78, 5) is 2.65. The van der Waals surface area contributed by atoms with Gasteiger partial charge in [0.1, 0.15) is 0 Å². The van der Waals surface area contributed by atoms with Gasteiger partial charge in [-0.05, 0) is 5.53 Å². The molecule has 0 aliphatic rings. The fourth-order valence-corrected chi connectivity index (χ4v) is 1.55. The van der Waals surface area contributed by atoms with Crippen molar-refractivity contribution in [2.45, 2.75) is 6.23 Å². The van der Waals surface area contributed by atoms with Crippen molar-refractivity contribution < 1.29 is 38.3 Å². The smallest absolute Gasteiger partial charge is 0.159 e. The predicted octanol–water partition coefficient (Wildman–Crippen LogP) is 0.361. The normalized spacial score (nSPS) is 12.1. The van der Waals surface area contributed by atoms with E-state index >= 15 is 0 Å². The van der Waals surface area contributed by atoms with E-state index in [1.54, 1.807) is 0 Å². The van der Waals surface area contributed by atoms with Gasteiger partial charge in [0.2, 0.25) is 0 Å². The van der Waals surface area contributed by atoms with Crippen molar-refractivity contribution in [2.75, 3.05) is 93.0 Å². The summed E-state index contributed by atoms with van der Waals surface area (Å²) >= 11 is 0. The van der Waals surface area contributed by atoms with Crippen LogP contribution in [0.4, 0.5) is 0 Å². The maximum absolute atomic E-state index is 8.51. The summed E-state index contributed by atoms with van der Waals surface area (Å²) in [7, 11) is 1.45. The van der Waals surface area contributed by atoms with E-state index < -0.39 is 6.23 Å². The molecule has 11 heteroatoms. The molecule has 0 aliphatic carbocycles. The topological polar surface area (TPSA) is 134 Å². The van der Waals surface area contributed by atoms with Crippen molar-refractivity contribution in [3.8, 4) is 0 Å². The summed E-state index contributed by atoms with van der Waals surface area (Å²) in [6, 6.07) is 0. The van der Waals surface area contributed by atoms with Crippen molar-refractivity contribution in [1.82, 2.24) is 0 Å². The van der Waals surface area contributed by atoms with Crippen LogP contribution >= 0.6 is 0 Å². The van der Waals surface area contributed by atoms with Crippen LogP contribution in [-0.4, -0.2) is 104 Å². The summed E-state index contributed by atoms with van der Waals surface area (Å²) in [6.07, 6.45) is -0.617. The number of nitrogens with zero attached hydrogens (tertiary/aromatic N) is 3. The van der Waals surface area contributed by atoms with Gasteiger partial charge < -0.3 is 38.3 Å². The van der Waals surface area contributed by atoms with Gasteiger partial charge in [-0.1, -0.05) is 5.11 Å². The molecule has 0 rings (SSSR count). The molecule has 0 bridgehead atoms. The van der Waals surface area contributed by atoms with Gasteiger partial charge in [0.05, 0.1) is 85.9 Å². The van der Waals surface area contributed by atoms with Crippen LogP contribution in [0.15, 0.2) is 5.11 Å². The van der Waals surface area contributed by atoms with Crippen LogP contribution < -0.4 is 0 Å². The van der Waals surface area contributed by atoms with Gasteiger partial charge in [-0.15, -0.1) is 0 Å². The number of rotatable bonds is 21. The van der Waals surface area contributed by atoms with E-state index in [0.717, 1.165) is 0 Å². The van der Waals surface area contributed by atoms with Gasteiger partial charge in [-0.25, -0.2) is 0 Å². The first-order valence-corrected chi connectivity index (χ1v) is 8.49. The van der Waals surface area contributed by atoms with Gasteiger partial charge in [0.25, 0.3) is 0 Å². The molecule has 0 saturated heterocycles. The Hall–Kier alpha value is -1.01. The Bertz CT molecular complexity index is 332. The van der Waals surface area contributed by atoms with Crippen molar-refractivity contribution in [3.63, 3.8) is 0 Å². The maximum atomic E-state index is 8.51. The van der Waals surface area contributed by atoms with Crippen LogP contribution in [0.25, 0.3) is 10.4 Å². The first kappa shape index (κ1) is 25.0. The Morgan fingerprint density at radius 3 is 1.46 bits per heavy atom. The van der Waals surface area contributed by atoms with Crippen molar-refractivity contribution in [1.29, 1.82) is 0 Å². The number of aliphatic hydroxyl groups excluding tert-OH is 1. The minimum absolute atomic E-state index is 0.0234. The van der Waals surface area contributed by atoms with E-state index in [9.17, 15) is 0 Å². The van der Waals surface area contributed by atoms with Gasteiger partial charge in [-0.3, -0.25) is 0 Å². The molecule has 154 valence electrons. The molecular formula is C15H31N3O8. The van der Waals surface area contributed by atoms with Crippen LogP contribution in [0.3, 0.4) is 0 Å². The largest absolute Gasteiger partial charge is 0.394 e. The monoisotopic (exact) mass is 381 g/mol. The second-order valence-corrected chi connectivity index (χ2v) is 4.76. The highest BCUT2D eigenvalue weighted by atomic mass is 16.6. The van der Waals surface area contributed by atoms with Gasteiger partial charge in [0, 0.05) is 12.0 Å². The first-order chi connectivity index (χ1) is 12.8. The molecule has 11 nitrogen and oxygen atoms in total. The number of azide groups is 1. The first-order valence-electron chi connectivity index (χ1n) is 8.49. The minimum Gasteiger partial charge on any atom is -0.394 e. The quantitative estimate of drug-likeness (QED) is 0.130. The zero-order valence-corrected chi connectivity index (χ0v) is 15.4. The van der Waals surface area contributed by atoms with E-state index in [0.29, 0.717) is 72.7 Å². The lowest BCUT2D eigenvalue weighted by atomic mass is 10.6. The lowest BCUT2D eigenvalue weighted by molar-refractivity contribution is -0.0287. The van der Waals surface area contributed by atoms with Gasteiger partial charge in [0.15, 0.2) is 6.23 Å². The number of hydrogen-bond donors (Lipinski definition) is 1. The highest BCUT2D eigenvalue weighted by Gasteiger charge is 2.03. The molecule has 0 aromatic heterocycles. The zero-order chi connectivity index (χ0) is 19.1. The van der Waals surface area contributed by atoms with Crippen molar-refractivity contribution >= 4 is 0 Å². The molecule has 0 aliphatic heterocycles. The number of methoxy groups -OCH3 is 1. The highest BCUT2D eigenvalue weighted by Crippen LogP contribution is 1.94. The molecule has 0 saturated carbocycles. The average molecular weight is 381 g/mol. The van der Waals surface area contributed by atoms with E-state index in [4.69, 9.17) is 43.8 Å². The van der Waals surface area contributed by atoms with E-state index in [-0.39, 0.29) is 13.2 Å². The zero-order valence-electron chi connectivity index (χ0n) is 15.4. The lowest BCUT2D eigenvalue weighted by Gasteiger charge is -2.10. The van der Waals surface area contributed by atoms with Crippen LogP contribution in [0.5, 0.6) is 0 Å². The predicted molar refractivity (Wildman–Crippen MR) is 91.9 cm³/mol. The average Bonchev–Trinajstić information content (AvgIpc) is 2.66. The summed E-state index contributed by atoms with van der Waals surface area (Å²) in [5, 5.41) is 11.9. The highest BCUT2D eigenvalue weighted by molar-refractivity contribution is 4.53. The summed E-state index contributed by atoms with van der Waals surface area (Å²) in [5.41, 5.74) is 8.28. The Morgan fingerprint density at radius 1 is 0.731 bits per heavy atom. The molecular weight excluding hydrogens is 350 g/mol. The van der Waals surface area contributed by atoms with Crippen molar-refractivity contribution in [3.05, 3.63) is 10.4 Å². The minimum atomic E-state index is -0.617. The Morgan fingerprint density at radius 2 is 1.12 bits per heavy atom. The third-order valence-electron chi connectivity index (χ3n) is 2.81.